The van der Waals surface area contributed by atoms with Gasteiger partial charge in [-0.05, 0) is 44.3 Å². The summed E-state index contributed by atoms with van der Waals surface area (Å²) in [6.45, 7) is 9.08. The van der Waals surface area contributed by atoms with Crippen LogP contribution in [-0.4, -0.2) is 36.5 Å². The molecule has 0 fully saturated rings. The SMILES string of the molecule is CCN(CC)CC(C)Nc1ccc(NC=C2C(=O)Nc3ccccc32)cc1F. The molecule has 0 aliphatic carbocycles. The minimum atomic E-state index is -0.328. The predicted octanol–water partition coefficient (Wildman–Crippen LogP) is 4.37. The van der Waals surface area contributed by atoms with Crippen LogP contribution in [0.2, 0.25) is 0 Å². The van der Waals surface area contributed by atoms with E-state index in [0.717, 1.165) is 30.9 Å². The summed E-state index contributed by atoms with van der Waals surface area (Å²) >= 11 is 0. The molecule has 2 aromatic rings. The summed E-state index contributed by atoms with van der Waals surface area (Å²) in [5.41, 5.74) is 3.22. The van der Waals surface area contributed by atoms with Crippen molar-refractivity contribution in [2.24, 2.45) is 0 Å². The van der Waals surface area contributed by atoms with Gasteiger partial charge in [0.1, 0.15) is 5.82 Å². The Balaban J connectivity index is 1.67. The number of hydrogen-bond acceptors (Lipinski definition) is 4. The molecule has 0 aromatic heterocycles. The van der Waals surface area contributed by atoms with Gasteiger partial charge < -0.3 is 20.9 Å². The highest BCUT2D eigenvalue weighted by Crippen LogP contribution is 2.31. The maximum absolute atomic E-state index is 14.5. The van der Waals surface area contributed by atoms with Gasteiger partial charge in [0.15, 0.2) is 0 Å². The van der Waals surface area contributed by atoms with E-state index in [4.69, 9.17) is 0 Å². The number of nitrogens with one attached hydrogen (secondary N) is 3. The molecule has 0 saturated carbocycles. The molecule has 1 heterocycles. The van der Waals surface area contributed by atoms with Crippen molar-refractivity contribution in [3.05, 3.63) is 60.0 Å². The van der Waals surface area contributed by atoms with Crippen LogP contribution in [-0.2, 0) is 4.79 Å². The summed E-state index contributed by atoms with van der Waals surface area (Å²) in [4.78, 5) is 14.4. The van der Waals surface area contributed by atoms with Gasteiger partial charge in [0.05, 0.1) is 11.3 Å². The molecular formula is C22H27FN4O. The molecule has 3 rings (SSSR count). The van der Waals surface area contributed by atoms with Crippen LogP contribution < -0.4 is 16.0 Å². The fourth-order valence-corrected chi connectivity index (χ4v) is 3.34. The molecule has 0 bridgehead atoms. The molecule has 1 aliphatic heterocycles. The number of amides is 1. The maximum Gasteiger partial charge on any atom is 0.257 e. The topological polar surface area (TPSA) is 56.4 Å². The first-order valence-electron chi connectivity index (χ1n) is 9.67. The molecule has 1 atom stereocenters. The van der Waals surface area contributed by atoms with Gasteiger partial charge in [0.25, 0.3) is 5.91 Å². The van der Waals surface area contributed by atoms with Crippen LogP contribution in [0.5, 0.6) is 0 Å². The van der Waals surface area contributed by atoms with Crippen molar-refractivity contribution in [2.75, 3.05) is 35.6 Å². The largest absolute Gasteiger partial charge is 0.379 e. The van der Waals surface area contributed by atoms with E-state index >= 15 is 0 Å². The summed E-state index contributed by atoms with van der Waals surface area (Å²) in [5, 5.41) is 9.08. The van der Waals surface area contributed by atoms with E-state index in [1.165, 1.54) is 6.07 Å². The number of para-hydroxylation sites is 1. The Morgan fingerprint density at radius 3 is 2.64 bits per heavy atom. The molecule has 2 aromatic carbocycles. The lowest BCUT2D eigenvalue weighted by molar-refractivity contribution is -0.110. The number of halogens is 1. The van der Waals surface area contributed by atoms with Gasteiger partial charge in [-0.2, -0.15) is 0 Å². The minimum absolute atomic E-state index is 0.133. The molecule has 6 heteroatoms. The fraction of sp³-hybridized carbons (Fsp3) is 0.318. The summed E-state index contributed by atoms with van der Waals surface area (Å²) in [7, 11) is 0. The van der Waals surface area contributed by atoms with Crippen LogP contribution in [0, 0.1) is 5.82 Å². The van der Waals surface area contributed by atoms with Crippen LogP contribution in [0.1, 0.15) is 26.3 Å². The van der Waals surface area contributed by atoms with Crippen LogP contribution in [0.15, 0.2) is 48.7 Å². The summed E-state index contributed by atoms with van der Waals surface area (Å²) in [5.74, 6) is -0.497. The van der Waals surface area contributed by atoms with Gasteiger partial charge >= 0.3 is 0 Å². The van der Waals surface area contributed by atoms with E-state index in [1.807, 2.05) is 31.2 Å². The average molecular weight is 382 g/mol. The third-order valence-corrected chi connectivity index (χ3v) is 4.89. The Morgan fingerprint density at radius 1 is 1.18 bits per heavy atom. The molecule has 3 N–H and O–H groups in total. The standard InChI is InChI=1S/C22H27FN4O/c1-4-27(5-2)14-15(3)25-21-11-10-16(12-19(21)23)24-13-18-17-8-6-7-9-20(17)26-22(18)28/h6-13,15,24-25H,4-5,14H2,1-3H3,(H,26,28). The molecular weight excluding hydrogens is 355 g/mol. The van der Waals surface area contributed by atoms with Crippen molar-refractivity contribution >= 4 is 28.5 Å². The van der Waals surface area contributed by atoms with E-state index < -0.39 is 0 Å². The molecule has 28 heavy (non-hydrogen) atoms. The zero-order valence-electron chi connectivity index (χ0n) is 16.6. The van der Waals surface area contributed by atoms with Crippen molar-refractivity contribution < 1.29 is 9.18 Å². The number of benzene rings is 2. The number of rotatable bonds is 8. The highest BCUT2D eigenvalue weighted by atomic mass is 19.1. The monoisotopic (exact) mass is 382 g/mol. The van der Waals surface area contributed by atoms with Gasteiger partial charge in [0.2, 0.25) is 0 Å². The molecule has 148 valence electrons. The van der Waals surface area contributed by atoms with E-state index in [0.29, 0.717) is 16.9 Å². The Labute approximate surface area is 165 Å². The Morgan fingerprint density at radius 2 is 1.93 bits per heavy atom. The quantitative estimate of drug-likeness (QED) is 0.594. The van der Waals surface area contributed by atoms with E-state index in [2.05, 4.69) is 34.7 Å². The molecule has 0 radical (unpaired) electrons. The second-order valence-corrected chi connectivity index (χ2v) is 6.93. The third-order valence-electron chi connectivity index (χ3n) is 4.89. The number of likely N-dealkylation sites (N-methyl/N-ethyl adjacent to an activating group) is 1. The lowest BCUT2D eigenvalue weighted by Crippen LogP contribution is -2.34. The predicted molar refractivity (Wildman–Crippen MR) is 114 cm³/mol. The maximum atomic E-state index is 14.5. The number of nitrogens with zero attached hydrogens (tertiary/aromatic N) is 1. The van der Waals surface area contributed by atoms with Crippen LogP contribution in [0.25, 0.3) is 5.57 Å². The summed E-state index contributed by atoms with van der Waals surface area (Å²) in [6, 6.07) is 12.6. The second kappa shape index (κ2) is 8.89. The number of anilines is 3. The van der Waals surface area contributed by atoms with Gasteiger partial charge in [-0.3, -0.25) is 4.79 Å². The summed E-state index contributed by atoms with van der Waals surface area (Å²) in [6.07, 6.45) is 1.62. The Bertz CT molecular complexity index is 877. The number of carbonyl (C=O) groups excluding carboxylic acids is 1. The van der Waals surface area contributed by atoms with Crippen LogP contribution in [0.4, 0.5) is 21.5 Å². The van der Waals surface area contributed by atoms with Gasteiger partial charge in [0, 0.05) is 35.7 Å². The minimum Gasteiger partial charge on any atom is -0.379 e. The van der Waals surface area contributed by atoms with Crippen LogP contribution in [0.3, 0.4) is 0 Å². The van der Waals surface area contributed by atoms with Crippen molar-refractivity contribution in [3.63, 3.8) is 0 Å². The smallest absolute Gasteiger partial charge is 0.257 e. The van der Waals surface area contributed by atoms with Gasteiger partial charge in [-0.1, -0.05) is 32.0 Å². The highest BCUT2D eigenvalue weighted by Gasteiger charge is 2.23. The molecule has 1 unspecified atom stereocenters. The van der Waals surface area contributed by atoms with Crippen molar-refractivity contribution in [1.82, 2.24) is 4.90 Å². The average Bonchev–Trinajstić information content (AvgIpc) is 3.01. The first-order valence-corrected chi connectivity index (χ1v) is 9.67. The molecule has 5 nitrogen and oxygen atoms in total. The molecule has 0 saturated heterocycles. The lowest BCUT2D eigenvalue weighted by atomic mass is 10.1. The summed E-state index contributed by atoms with van der Waals surface area (Å²) < 4.78 is 14.5. The van der Waals surface area contributed by atoms with E-state index in [1.54, 1.807) is 18.3 Å². The van der Waals surface area contributed by atoms with Crippen molar-refractivity contribution in [2.45, 2.75) is 26.8 Å². The number of hydrogen-bond donors (Lipinski definition) is 3. The lowest BCUT2D eigenvalue weighted by Gasteiger charge is -2.24. The molecule has 1 aliphatic rings. The third kappa shape index (κ3) is 4.51. The number of carbonyl (C=O) groups is 1. The Kier molecular flexibility index (Phi) is 6.31. The first kappa shape index (κ1) is 19.9. The van der Waals surface area contributed by atoms with Crippen molar-refractivity contribution in [3.8, 4) is 0 Å². The zero-order valence-corrected chi connectivity index (χ0v) is 16.6. The van der Waals surface area contributed by atoms with Crippen molar-refractivity contribution in [1.29, 1.82) is 0 Å². The molecule has 0 spiro atoms. The second-order valence-electron chi connectivity index (χ2n) is 6.93. The van der Waals surface area contributed by atoms with Gasteiger partial charge in [-0.15, -0.1) is 0 Å². The fourth-order valence-electron chi connectivity index (χ4n) is 3.34. The zero-order chi connectivity index (χ0) is 20.1. The van der Waals surface area contributed by atoms with E-state index in [9.17, 15) is 9.18 Å². The molecule has 1 amide bonds. The Hall–Kier alpha value is -2.86. The van der Waals surface area contributed by atoms with E-state index in [-0.39, 0.29) is 17.8 Å². The van der Waals surface area contributed by atoms with Gasteiger partial charge in [-0.25, -0.2) is 4.39 Å². The number of fused-ring (bicyclic) bond motifs is 1. The highest BCUT2D eigenvalue weighted by molar-refractivity contribution is 6.31. The first-order chi connectivity index (χ1) is 13.5. The normalized spacial score (nSPS) is 15.5. The van der Waals surface area contributed by atoms with Crippen LogP contribution >= 0.6 is 0 Å².